The molecule has 41 heavy (non-hydrogen) atoms. The summed E-state index contributed by atoms with van der Waals surface area (Å²) in [5.41, 5.74) is 1.44. The Balaban J connectivity index is 1.54. The van der Waals surface area contributed by atoms with Crippen LogP contribution < -0.4 is 14.8 Å². The third-order valence-electron chi connectivity index (χ3n) is 6.85. The van der Waals surface area contributed by atoms with Crippen LogP contribution in [0.25, 0.3) is 11.0 Å². The number of ether oxygens (including phenoxy) is 2. The topological polar surface area (TPSA) is 135 Å². The first-order chi connectivity index (χ1) is 19.9. The summed E-state index contributed by atoms with van der Waals surface area (Å²) in [7, 11) is 1.52. The van der Waals surface area contributed by atoms with E-state index in [2.05, 4.69) is 27.9 Å². The summed E-state index contributed by atoms with van der Waals surface area (Å²) < 4.78 is 23.6. The number of aliphatic hydroxyl groups is 2. The number of benzene rings is 2. The molecule has 0 spiro atoms. The fraction of sp³-hybridized carbons (Fsp3) is 0.267. The highest BCUT2D eigenvalue weighted by Crippen LogP contribution is 2.33. The van der Waals surface area contributed by atoms with Gasteiger partial charge in [-0.3, -0.25) is 9.59 Å². The summed E-state index contributed by atoms with van der Waals surface area (Å²) in [5.74, 6) is 0.157. The highest BCUT2D eigenvalue weighted by Gasteiger charge is 2.41. The van der Waals surface area contributed by atoms with E-state index >= 15 is 0 Å². The number of aliphatic hydroxyl groups excluding tert-OH is 2. The van der Waals surface area contributed by atoms with Gasteiger partial charge in [0.1, 0.15) is 18.0 Å². The molecule has 3 atom stereocenters. The lowest BCUT2D eigenvalue weighted by Gasteiger charge is -2.40. The molecule has 0 radical (unpaired) electrons. The molecule has 0 fully saturated rings. The van der Waals surface area contributed by atoms with Crippen LogP contribution in [0.2, 0.25) is 0 Å². The summed E-state index contributed by atoms with van der Waals surface area (Å²) in [4.78, 5) is 28.6. The lowest BCUT2D eigenvalue weighted by Crippen LogP contribution is -2.54. The van der Waals surface area contributed by atoms with Gasteiger partial charge in [0.05, 0.1) is 35.9 Å². The molecule has 4 aromatic rings. The van der Waals surface area contributed by atoms with Crippen molar-refractivity contribution in [1.29, 1.82) is 0 Å². The van der Waals surface area contributed by atoms with Crippen molar-refractivity contribution in [2.75, 3.05) is 20.3 Å². The standard InChI is InChI=1S/C30H29IN2O8/c1-38-24-8-4-5-19-14-26(41-28(19)24)30(37)33(16-18-9-12-39-17-18)22-13-20(29(36)32-10-11-34)15-25(27(22)35)40-23-7-3-2-6-21(23)31/h2-9,12,14-15,17,22,25,27,34-35H,10-11,13,16H2,1H3,(H,32,36). The second-order valence-electron chi connectivity index (χ2n) is 9.50. The second-order valence-corrected chi connectivity index (χ2v) is 10.7. The van der Waals surface area contributed by atoms with Crippen LogP contribution >= 0.6 is 22.6 Å². The number of amides is 2. The Kier molecular flexibility index (Phi) is 8.96. The van der Waals surface area contributed by atoms with Gasteiger partial charge in [-0.15, -0.1) is 0 Å². The summed E-state index contributed by atoms with van der Waals surface area (Å²) in [6.07, 6.45) is 2.48. The van der Waals surface area contributed by atoms with Gasteiger partial charge in [-0.2, -0.15) is 0 Å². The van der Waals surface area contributed by atoms with Crippen LogP contribution in [0.5, 0.6) is 11.5 Å². The van der Waals surface area contributed by atoms with Crippen molar-refractivity contribution < 1.29 is 38.1 Å². The zero-order valence-corrected chi connectivity index (χ0v) is 24.3. The Bertz CT molecular complexity index is 1550. The van der Waals surface area contributed by atoms with Crippen molar-refractivity contribution in [2.24, 2.45) is 0 Å². The largest absolute Gasteiger partial charge is 0.493 e. The number of furan rings is 2. The Morgan fingerprint density at radius 2 is 1.95 bits per heavy atom. The molecule has 214 valence electrons. The first-order valence-corrected chi connectivity index (χ1v) is 14.0. The minimum Gasteiger partial charge on any atom is -0.493 e. The summed E-state index contributed by atoms with van der Waals surface area (Å²) in [6, 6.07) is 15.1. The van der Waals surface area contributed by atoms with E-state index in [-0.39, 0.29) is 31.9 Å². The average Bonchev–Trinajstić information content (AvgIpc) is 3.66. The Labute approximate surface area is 249 Å². The number of fused-ring (bicyclic) bond motifs is 1. The molecule has 2 aromatic heterocycles. The molecule has 10 nitrogen and oxygen atoms in total. The lowest BCUT2D eigenvalue weighted by atomic mass is 9.87. The van der Waals surface area contributed by atoms with Gasteiger partial charge in [-0.1, -0.05) is 24.3 Å². The van der Waals surface area contributed by atoms with E-state index in [1.807, 2.05) is 24.3 Å². The van der Waals surface area contributed by atoms with Gasteiger partial charge in [-0.05, 0) is 59.0 Å². The zero-order chi connectivity index (χ0) is 28.9. The molecule has 0 aliphatic heterocycles. The van der Waals surface area contributed by atoms with Gasteiger partial charge in [0.2, 0.25) is 5.91 Å². The molecular weight excluding hydrogens is 643 g/mol. The van der Waals surface area contributed by atoms with E-state index < -0.39 is 30.1 Å². The van der Waals surface area contributed by atoms with Gasteiger partial charge in [-0.25, -0.2) is 0 Å². The number of carbonyl (C=O) groups excluding carboxylic acids is 2. The molecule has 0 saturated heterocycles. The second kappa shape index (κ2) is 12.8. The van der Waals surface area contributed by atoms with Gasteiger partial charge >= 0.3 is 0 Å². The average molecular weight is 672 g/mol. The molecule has 1 aliphatic rings. The highest BCUT2D eigenvalue weighted by molar-refractivity contribution is 14.1. The van der Waals surface area contributed by atoms with Crippen molar-refractivity contribution in [2.45, 2.75) is 31.2 Å². The van der Waals surface area contributed by atoms with Crippen molar-refractivity contribution in [1.82, 2.24) is 10.2 Å². The third-order valence-corrected chi connectivity index (χ3v) is 7.74. The maximum absolute atomic E-state index is 14.1. The number of nitrogens with zero attached hydrogens (tertiary/aromatic N) is 1. The lowest BCUT2D eigenvalue weighted by molar-refractivity contribution is -0.118. The molecule has 2 amide bonds. The van der Waals surface area contributed by atoms with Crippen molar-refractivity contribution in [3.63, 3.8) is 0 Å². The van der Waals surface area contributed by atoms with E-state index in [4.69, 9.17) is 18.3 Å². The quantitative estimate of drug-likeness (QED) is 0.216. The SMILES string of the molecule is COc1cccc2cc(C(=O)N(Cc3ccoc3)C3CC(C(=O)NCCO)=CC(Oc4ccccc4I)C3O)oc12. The molecule has 1 aliphatic carbocycles. The zero-order valence-electron chi connectivity index (χ0n) is 22.2. The Morgan fingerprint density at radius 3 is 2.68 bits per heavy atom. The number of halogens is 1. The number of hydrogen-bond acceptors (Lipinski definition) is 8. The fourth-order valence-corrected chi connectivity index (χ4v) is 5.34. The molecule has 3 unspecified atom stereocenters. The van der Waals surface area contributed by atoms with Crippen LogP contribution in [-0.2, 0) is 11.3 Å². The molecule has 2 heterocycles. The number of carbonyl (C=O) groups is 2. The molecule has 5 rings (SSSR count). The first kappa shape index (κ1) is 28.7. The van der Waals surface area contributed by atoms with Crippen LogP contribution in [-0.4, -0.2) is 65.4 Å². The predicted molar refractivity (Wildman–Crippen MR) is 158 cm³/mol. The summed E-state index contributed by atoms with van der Waals surface area (Å²) in [6.45, 7) is -0.0931. The Hall–Kier alpha value is -3.81. The number of hydrogen-bond donors (Lipinski definition) is 3. The van der Waals surface area contributed by atoms with E-state index in [1.165, 1.54) is 24.5 Å². The monoisotopic (exact) mass is 672 g/mol. The predicted octanol–water partition coefficient (Wildman–Crippen LogP) is 3.90. The fourth-order valence-electron chi connectivity index (χ4n) is 4.83. The van der Waals surface area contributed by atoms with Crippen molar-refractivity contribution in [3.8, 4) is 11.5 Å². The summed E-state index contributed by atoms with van der Waals surface area (Å²) in [5, 5.41) is 24.2. The number of methoxy groups -OCH3 is 1. The smallest absolute Gasteiger partial charge is 0.290 e. The number of rotatable bonds is 10. The summed E-state index contributed by atoms with van der Waals surface area (Å²) >= 11 is 2.13. The van der Waals surface area contributed by atoms with Crippen LogP contribution in [0.1, 0.15) is 22.5 Å². The van der Waals surface area contributed by atoms with Crippen molar-refractivity contribution in [3.05, 3.63) is 93.7 Å². The van der Waals surface area contributed by atoms with Crippen LogP contribution in [0.3, 0.4) is 0 Å². The van der Waals surface area contributed by atoms with Gasteiger partial charge in [0.25, 0.3) is 5.91 Å². The van der Waals surface area contributed by atoms with Gasteiger partial charge < -0.3 is 38.7 Å². The third kappa shape index (κ3) is 6.26. The maximum atomic E-state index is 14.1. The molecular formula is C30H29IN2O8. The normalized spacial score (nSPS) is 18.5. The molecule has 2 aromatic carbocycles. The molecule has 3 N–H and O–H groups in total. The van der Waals surface area contributed by atoms with Crippen LogP contribution in [0.15, 0.2) is 87.6 Å². The van der Waals surface area contributed by atoms with Gasteiger partial charge in [0.15, 0.2) is 17.1 Å². The van der Waals surface area contributed by atoms with E-state index in [1.54, 1.807) is 36.4 Å². The van der Waals surface area contributed by atoms with E-state index in [0.717, 1.165) is 3.57 Å². The Morgan fingerprint density at radius 1 is 1.15 bits per heavy atom. The maximum Gasteiger partial charge on any atom is 0.290 e. The number of nitrogens with one attached hydrogen (secondary N) is 1. The highest BCUT2D eigenvalue weighted by atomic mass is 127. The molecule has 0 bridgehead atoms. The van der Waals surface area contributed by atoms with E-state index in [0.29, 0.717) is 33.6 Å². The molecule has 11 heteroatoms. The van der Waals surface area contributed by atoms with Crippen LogP contribution in [0, 0.1) is 3.57 Å². The van der Waals surface area contributed by atoms with Crippen molar-refractivity contribution >= 4 is 45.4 Å². The number of para-hydroxylation sites is 2. The molecule has 0 saturated carbocycles. The minimum absolute atomic E-state index is 0.0390. The van der Waals surface area contributed by atoms with Crippen LogP contribution in [0.4, 0.5) is 0 Å². The minimum atomic E-state index is -1.20. The first-order valence-electron chi connectivity index (χ1n) is 13.0. The van der Waals surface area contributed by atoms with E-state index in [9.17, 15) is 19.8 Å². The van der Waals surface area contributed by atoms with Gasteiger partial charge in [0, 0.05) is 36.0 Å².